The standard InChI is InChI=1S/C31H40O4/c1-3-9-24-11-15-26(16-12-24)27-17-19-28(20-18-27)31(33)35-29-21-13-25(14-22-29)10-7-5-6-8-23-34-30(32)4-2/h4,13-14,17-22,24,26H,2-3,5-12,15-16,23H2,1H3. The number of benzene rings is 2. The Bertz CT molecular complexity index is 921. The summed E-state index contributed by atoms with van der Waals surface area (Å²) in [6.45, 7) is 6.11. The van der Waals surface area contributed by atoms with E-state index in [0.717, 1.165) is 38.0 Å². The van der Waals surface area contributed by atoms with E-state index >= 15 is 0 Å². The molecule has 0 N–H and O–H groups in total. The number of rotatable bonds is 13. The molecule has 188 valence electrons. The van der Waals surface area contributed by atoms with Crippen LogP contribution >= 0.6 is 0 Å². The second-order valence-corrected chi connectivity index (χ2v) is 9.70. The highest BCUT2D eigenvalue weighted by Crippen LogP contribution is 2.37. The molecule has 0 amide bonds. The average Bonchev–Trinajstić information content (AvgIpc) is 2.89. The maximum Gasteiger partial charge on any atom is 0.343 e. The third-order valence-corrected chi connectivity index (χ3v) is 7.07. The van der Waals surface area contributed by atoms with Crippen molar-refractivity contribution < 1.29 is 19.1 Å². The Hall–Kier alpha value is -2.88. The van der Waals surface area contributed by atoms with Crippen LogP contribution in [0.5, 0.6) is 5.75 Å². The highest BCUT2D eigenvalue weighted by atomic mass is 16.5. The van der Waals surface area contributed by atoms with Crippen LogP contribution in [0.2, 0.25) is 0 Å². The van der Waals surface area contributed by atoms with Crippen LogP contribution in [0.25, 0.3) is 0 Å². The van der Waals surface area contributed by atoms with Crippen LogP contribution in [0.4, 0.5) is 0 Å². The summed E-state index contributed by atoms with van der Waals surface area (Å²) in [6.07, 6.45) is 14.0. The van der Waals surface area contributed by atoms with Crippen LogP contribution in [-0.2, 0) is 16.0 Å². The van der Waals surface area contributed by atoms with Gasteiger partial charge >= 0.3 is 11.9 Å². The predicted molar refractivity (Wildman–Crippen MR) is 141 cm³/mol. The van der Waals surface area contributed by atoms with Crippen molar-refractivity contribution in [1.29, 1.82) is 0 Å². The smallest absolute Gasteiger partial charge is 0.343 e. The molecule has 0 spiro atoms. The Morgan fingerprint density at radius 1 is 0.914 bits per heavy atom. The fourth-order valence-corrected chi connectivity index (χ4v) is 4.99. The first kappa shape index (κ1) is 26.7. The van der Waals surface area contributed by atoms with Crippen molar-refractivity contribution >= 4 is 11.9 Å². The molecule has 0 heterocycles. The first-order valence-corrected chi connectivity index (χ1v) is 13.3. The van der Waals surface area contributed by atoms with Gasteiger partial charge in [0.2, 0.25) is 0 Å². The van der Waals surface area contributed by atoms with Crippen molar-refractivity contribution in [2.45, 2.75) is 83.5 Å². The van der Waals surface area contributed by atoms with Gasteiger partial charge in [-0.25, -0.2) is 9.59 Å². The molecule has 1 aliphatic rings. The van der Waals surface area contributed by atoms with E-state index in [2.05, 4.69) is 25.6 Å². The molecule has 35 heavy (non-hydrogen) atoms. The highest BCUT2D eigenvalue weighted by Gasteiger charge is 2.22. The quantitative estimate of drug-likeness (QED) is 0.128. The van der Waals surface area contributed by atoms with Crippen LogP contribution in [0.3, 0.4) is 0 Å². The second-order valence-electron chi connectivity index (χ2n) is 9.70. The zero-order chi connectivity index (χ0) is 24.9. The van der Waals surface area contributed by atoms with Gasteiger partial charge in [-0.1, -0.05) is 63.5 Å². The molecule has 0 radical (unpaired) electrons. The molecule has 0 aliphatic heterocycles. The molecule has 3 rings (SSSR count). The molecule has 0 saturated heterocycles. The molecular weight excluding hydrogens is 436 g/mol. The maximum atomic E-state index is 12.6. The molecule has 2 aromatic rings. The molecule has 4 heteroatoms. The number of aryl methyl sites for hydroxylation is 1. The van der Waals surface area contributed by atoms with Gasteiger partial charge in [0.1, 0.15) is 5.75 Å². The fraction of sp³-hybridized carbons (Fsp3) is 0.484. The lowest BCUT2D eigenvalue weighted by Crippen LogP contribution is -2.13. The van der Waals surface area contributed by atoms with E-state index in [0.29, 0.717) is 23.8 Å². The van der Waals surface area contributed by atoms with Crippen LogP contribution in [0.1, 0.15) is 98.5 Å². The van der Waals surface area contributed by atoms with Crippen LogP contribution in [0, 0.1) is 5.92 Å². The fourth-order valence-electron chi connectivity index (χ4n) is 4.99. The summed E-state index contributed by atoms with van der Waals surface area (Å²) >= 11 is 0. The van der Waals surface area contributed by atoms with E-state index in [1.165, 1.54) is 55.7 Å². The molecule has 0 unspecified atom stereocenters. The van der Waals surface area contributed by atoms with Crippen LogP contribution < -0.4 is 4.74 Å². The van der Waals surface area contributed by atoms with Crippen LogP contribution in [0.15, 0.2) is 61.2 Å². The summed E-state index contributed by atoms with van der Waals surface area (Å²) in [4.78, 5) is 23.6. The first-order chi connectivity index (χ1) is 17.1. The molecule has 0 atom stereocenters. The van der Waals surface area contributed by atoms with Gasteiger partial charge in [-0.2, -0.15) is 0 Å². The summed E-state index contributed by atoms with van der Waals surface area (Å²) < 4.78 is 10.6. The average molecular weight is 477 g/mol. The summed E-state index contributed by atoms with van der Waals surface area (Å²) in [7, 11) is 0. The monoisotopic (exact) mass is 476 g/mol. The van der Waals surface area contributed by atoms with Gasteiger partial charge < -0.3 is 9.47 Å². The van der Waals surface area contributed by atoms with Crippen LogP contribution in [-0.4, -0.2) is 18.5 Å². The Morgan fingerprint density at radius 3 is 2.26 bits per heavy atom. The Morgan fingerprint density at radius 2 is 1.60 bits per heavy atom. The van der Waals surface area contributed by atoms with Gasteiger partial charge in [0, 0.05) is 6.08 Å². The number of hydrogen-bond donors (Lipinski definition) is 0. The van der Waals surface area contributed by atoms with E-state index in [9.17, 15) is 9.59 Å². The Balaban J connectivity index is 1.37. The summed E-state index contributed by atoms with van der Waals surface area (Å²) in [5.41, 5.74) is 3.16. The molecule has 4 nitrogen and oxygen atoms in total. The summed E-state index contributed by atoms with van der Waals surface area (Å²) in [5.74, 6) is 1.42. The molecule has 2 aromatic carbocycles. The lowest BCUT2D eigenvalue weighted by molar-refractivity contribution is -0.137. The minimum Gasteiger partial charge on any atom is -0.463 e. The topological polar surface area (TPSA) is 52.6 Å². The molecule has 1 aliphatic carbocycles. The minimum atomic E-state index is -0.359. The molecule has 0 aromatic heterocycles. The maximum absolute atomic E-state index is 12.6. The Kier molecular flexibility index (Phi) is 11.1. The molecular formula is C31H40O4. The number of carbonyl (C=O) groups excluding carboxylic acids is 2. The zero-order valence-electron chi connectivity index (χ0n) is 21.2. The third kappa shape index (κ3) is 9.01. The highest BCUT2D eigenvalue weighted by molar-refractivity contribution is 5.91. The minimum absolute atomic E-state index is 0.312. The second kappa shape index (κ2) is 14.5. The van der Waals surface area contributed by atoms with Crippen molar-refractivity contribution in [1.82, 2.24) is 0 Å². The van der Waals surface area contributed by atoms with Crippen molar-refractivity contribution in [3.63, 3.8) is 0 Å². The predicted octanol–water partition coefficient (Wildman–Crippen LogP) is 7.81. The van der Waals surface area contributed by atoms with Gasteiger partial charge in [-0.15, -0.1) is 0 Å². The SMILES string of the molecule is C=CC(=O)OCCCCCCc1ccc(OC(=O)c2ccc(C3CCC(CCC)CC3)cc2)cc1. The van der Waals surface area contributed by atoms with Crippen molar-refractivity contribution in [3.05, 3.63) is 77.9 Å². The van der Waals surface area contributed by atoms with E-state index in [4.69, 9.17) is 9.47 Å². The lowest BCUT2D eigenvalue weighted by Gasteiger charge is -2.28. The number of esters is 2. The lowest BCUT2D eigenvalue weighted by atomic mass is 9.77. The van der Waals surface area contributed by atoms with Crippen molar-refractivity contribution in [2.75, 3.05) is 6.61 Å². The molecule has 0 bridgehead atoms. The number of carbonyl (C=O) groups is 2. The van der Waals surface area contributed by atoms with E-state index in [1.807, 2.05) is 36.4 Å². The van der Waals surface area contributed by atoms with Gasteiger partial charge in [0.05, 0.1) is 12.2 Å². The first-order valence-electron chi connectivity index (χ1n) is 13.3. The van der Waals surface area contributed by atoms with Crippen molar-refractivity contribution in [3.8, 4) is 5.75 Å². The van der Waals surface area contributed by atoms with Gasteiger partial charge in [-0.3, -0.25) is 0 Å². The number of hydrogen-bond acceptors (Lipinski definition) is 4. The normalized spacial score (nSPS) is 17.5. The van der Waals surface area contributed by atoms with E-state index in [1.54, 1.807) is 0 Å². The zero-order valence-corrected chi connectivity index (χ0v) is 21.2. The largest absolute Gasteiger partial charge is 0.463 e. The Labute approximate surface area is 210 Å². The molecule has 1 fully saturated rings. The summed E-state index contributed by atoms with van der Waals surface area (Å²) in [6, 6.07) is 15.8. The van der Waals surface area contributed by atoms with Gasteiger partial charge in [-0.05, 0) is 92.2 Å². The molecule has 1 saturated carbocycles. The van der Waals surface area contributed by atoms with Crippen molar-refractivity contribution in [2.24, 2.45) is 5.92 Å². The van der Waals surface area contributed by atoms with Gasteiger partial charge in [0.25, 0.3) is 0 Å². The van der Waals surface area contributed by atoms with E-state index in [-0.39, 0.29) is 11.9 Å². The number of unbranched alkanes of at least 4 members (excludes halogenated alkanes) is 3. The third-order valence-electron chi connectivity index (χ3n) is 7.07. The van der Waals surface area contributed by atoms with Gasteiger partial charge in [0.15, 0.2) is 0 Å². The summed E-state index contributed by atoms with van der Waals surface area (Å²) in [5, 5.41) is 0. The van der Waals surface area contributed by atoms with E-state index < -0.39 is 0 Å². The number of ether oxygens (including phenoxy) is 2.